The Balaban J connectivity index is 2.37. The summed E-state index contributed by atoms with van der Waals surface area (Å²) in [4.78, 5) is 4.31. The Hall–Kier alpha value is -1.53. The van der Waals surface area contributed by atoms with Gasteiger partial charge >= 0.3 is 0 Å². The van der Waals surface area contributed by atoms with Crippen molar-refractivity contribution in [3.63, 3.8) is 0 Å². The molecule has 2 rings (SSSR count). The van der Waals surface area contributed by atoms with E-state index in [-0.39, 0.29) is 10.8 Å². The van der Waals surface area contributed by atoms with Gasteiger partial charge in [-0.2, -0.15) is 0 Å². The number of anilines is 2. The molecule has 3 N–H and O–H groups in total. The third-order valence-corrected chi connectivity index (χ3v) is 2.97. The van der Waals surface area contributed by atoms with E-state index in [1.165, 1.54) is 6.07 Å². The zero-order chi connectivity index (χ0) is 13.1. The maximum atomic E-state index is 13.7. The standard InChI is InChI=1S/C12H9BrFN3S/c13-7-3-4-10(9(14)6-7)17-12-8(11(15)18)2-1-5-16-12/h1-6H,(H2,15,18)(H,16,17). The summed E-state index contributed by atoms with van der Waals surface area (Å²) in [5, 5.41) is 2.87. The van der Waals surface area contributed by atoms with Gasteiger partial charge in [0.05, 0.1) is 11.3 Å². The summed E-state index contributed by atoms with van der Waals surface area (Å²) < 4.78 is 14.4. The van der Waals surface area contributed by atoms with Crippen LogP contribution in [0.15, 0.2) is 41.0 Å². The molecule has 1 heterocycles. The zero-order valence-corrected chi connectivity index (χ0v) is 11.6. The fourth-order valence-electron chi connectivity index (χ4n) is 1.42. The van der Waals surface area contributed by atoms with Crippen LogP contribution in [0.1, 0.15) is 5.56 Å². The first-order chi connectivity index (χ1) is 8.58. The summed E-state index contributed by atoms with van der Waals surface area (Å²) in [5.41, 5.74) is 6.47. The number of pyridine rings is 1. The number of nitrogens with one attached hydrogen (secondary N) is 1. The molecule has 0 saturated carbocycles. The molecule has 0 aliphatic rings. The third kappa shape index (κ3) is 2.83. The molecule has 0 atom stereocenters. The van der Waals surface area contributed by atoms with Gasteiger partial charge in [-0.05, 0) is 30.3 Å². The SMILES string of the molecule is NC(=S)c1cccnc1Nc1ccc(Br)cc1F. The normalized spacial score (nSPS) is 10.1. The van der Waals surface area contributed by atoms with Crippen LogP contribution < -0.4 is 11.1 Å². The van der Waals surface area contributed by atoms with Crippen LogP contribution in [0.25, 0.3) is 0 Å². The lowest BCUT2D eigenvalue weighted by atomic mass is 10.2. The summed E-state index contributed by atoms with van der Waals surface area (Å²) in [6.07, 6.45) is 1.58. The van der Waals surface area contributed by atoms with Gasteiger partial charge in [0.2, 0.25) is 0 Å². The van der Waals surface area contributed by atoms with Gasteiger partial charge in [-0.15, -0.1) is 0 Å². The van der Waals surface area contributed by atoms with Crippen molar-refractivity contribution in [3.8, 4) is 0 Å². The van der Waals surface area contributed by atoms with Crippen LogP contribution in [-0.4, -0.2) is 9.97 Å². The molecule has 0 unspecified atom stereocenters. The lowest BCUT2D eigenvalue weighted by Gasteiger charge is -2.10. The Kier molecular flexibility index (Phi) is 3.88. The van der Waals surface area contributed by atoms with Gasteiger partial charge in [0.25, 0.3) is 0 Å². The summed E-state index contributed by atoms with van der Waals surface area (Å²) in [6.45, 7) is 0. The molecular weight excluding hydrogens is 317 g/mol. The van der Waals surface area contributed by atoms with E-state index in [1.54, 1.807) is 30.5 Å². The summed E-state index contributed by atoms with van der Waals surface area (Å²) in [5.74, 6) is 0.0511. The highest BCUT2D eigenvalue weighted by atomic mass is 79.9. The van der Waals surface area contributed by atoms with Gasteiger partial charge in [-0.1, -0.05) is 28.1 Å². The molecule has 2 aromatic rings. The second-order valence-corrected chi connectivity index (χ2v) is 4.87. The number of rotatable bonds is 3. The van der Waals surface area contributed by atoms with Gasteiger partial charge in [0.1, 0.15) is 16.6 Å². The Morgan fingerprint density at radius 3 is 2.83 bits per heavy atom. The summed E-state index contributed by atoms with van der Waals surface area (Å²) >= 11 is 8.11. The minimum absolute atomic E-state index is 0.211. The van der Waals surface area contributed by atoms with E-state index in [2.05, 4.69) is 26.2 Å². The van der Waals surface area contributed by atoms with Gasteiger partial charge in [-0.3, -0.25) is 0 Å². The van der Waals surface area contributed by atoms with Crippen molar-refractivity contribution in [3.05, 3.63) is 52.4 Å². The molecule has 0 aliphatic heterocycles. The Labute approximate surface area is 117 Å². The molecule has 0 aliphatic carbocycles. The Morgan fingerprint density at radius 2 is 2.17 bits per heavy atom. The topological polar surface area (TPSA) is 50.9 Å². The maximum absolute atomic E-state index is 13.7. The molecule has 0 spiro atoms. The predicted molar refractivity (Wildman–Crippen MR) is 77.5 cm³/mol. The van der Waals surface area contributed by atoms with E-state index >= 15 is 0 Å². The number of nitrogens with two attached hydrogens (primary N) is 1. The fourth-order valence-corrected chi connectivity index (χ4v) is 1.92. The minimum atomic E-state index is -0.385. The van der Waals surface area contributed by atoms with Gasteiger partial charge < -0.3 is 11.1 Å². The highest BCUT2D eigenvalue weighted by Crippen LogP contribution is 2.23. The molecule has 1 aromatic heterocycles. The van der Waals surface area contributed by atoms with E-state index in [0.717, 1.165) is 0 Å². The lowest BCUT2D eigenvalue weighted by molar-refractivity contribution is 0.631. The number of halogens is 2. The maximum Gasteiger partial charge on any atom is 0.147 e. The molecule has 0 saturated heterocycles. The number of thiocarbonyl (C=S) groups is 1. The smallest absolute Gasteiger partial charge is 0.147 e. The highest BCUT2D eigenvalue weighted by Gasteiger charge is 2.09. The van der Waals surface area contributed by atoms with Crippen LogP contribution in [-0.2, 0) is 0 Å². The number of hydrogen-bond acceptors (Lipinski definition) is 3. The largest absolute Gasteiger partial charge is 0.389 e. The number of aromatic nitrogens is 1. The van der Waals surface area contributed by atoms with Gasteiger partial charge in [0.15, 0.2) is 0 Å². The summed E-state index contributed by atoms with van der Waals surface area (Å²) in [6, 6.07) is 8.16. The fraction of sp³-hybridized carbons (Fsp3) is 0. The second-order valence-electron chi connectivity index (χ2n) is 3.51. The Morgan fingerprint density at radius 1 is 1.39 bits per heavy atom. The first-order valence-electron chi connectivity index (χ1n) is 5.05. The molecule has 3 nitrogen and oxygen atoms in total. The first-order valence-corrected chi connectivity index (χ1v) is 6.25. The van der Waals surface area contributed by atoms with Crippen molar-refractivity contribution < 1.29 is 4.39 Å². The number of hydrogen-bond donors (Lipinski definition) is 2. The quantitative estimate of drug-likeness (QED) is 0.849. The van der Waals surface area contributed by atoms with Crippen molar-refractivity contribution in [2.75, 3.05) is 5.32 Å². The lowest BCUT2D eigenvalue weighted by Crippen LogP contribution is -2.13. The van der Waals surface area contributed by atoms with E-state index in [4.69, 9.17) is 18.0 Å². The van der Waals surface area contributed by atoms with Crippen LogP contribution in [0.4, 0.5) is 15.9 Å². The van der Waals surface area contributed by atoms with Crippen LogP contribution >= 0.6 is 28.1 Å². The van der Waals surface area contributed by atoms with E-state index in [0.29, 0.717) is 21.5 Å². The summed E-state index contributed by atoms with van der Waals surface area (Å²) in [7, 11) is 0. The molecule has 0 bridgehead atoms. The predicted octanol–water partition coefficient (Wildman–Crippen LogP) is 3.36. The van der Waals surface area contributed by atoms with Crippen molar-refractivity contribution in [2.45, 2.75) is 0 Å². The van der Waals surface area contributed by atoms with Gasteiger partial charge in [-0.25, -0.2) is 9.37 Å². The van der Waals surface area contributed by atoms with Crippen molar-refractivity contribution in [1.82, 2.24) is 4.98 Å². The number of benzene rings is 1. The van der Waals surface area contributed by atoms with Gasteiger partial charge in [0, 0.05) is 10.7 Å². The molecule has 6 heteroatoms. The average Bonchev–Trinajstić information content (AvgIpc) is 2.33. The molecule has 92 valence electrons. The van der Waals surface area contributed by atoms with E-state index in [9.17, 15) is 4.39 Å². The monoisotopic (exact) mass is 325 g/mol. The van der Waals surface area contributed by atoms with Crippen LogP contribution in [0, 0.1) is 5.82 Å². The molecule has 18 heavy (non-hydrogen) atoms. The van der Waals surface area contributed by atoms with Crippen LogP contribution in [0.5, 0.6) is 0 Å². The minimum Gasteiger partial charge on any atom is -0.389 e. The molecule has 1 aromatic carbocycles. The first kappa shape index (κ1) is 12.9. The van der Waals surface area contributed by atoms with Crippen LogP contribution in [0.3, 0.4) is 0 Å². The molecule has 0 fully saturated rings. The zero-order valence-electron chi connectivity index (χ0n) is 9.15. The highest BCUT2D eigenvalue weighted by molar-refractivity contribution is 9.10. The second kappa shape index (κ2) is 5.41. The van der Waals surface area contributed by atoms with Crippen molar-refractivity contribution >= 4 is 44.6 Å². The third-order valence-electron chi connectivity index (χ3n) is 2.26. The van der Waals surface area contributed by atoms with E-state index in [1.807, 2.05) is 0 Å². The van der Waals surface area contributed by atoms with E-state index < -0.39 is 0 Å². The van der Waals surface area contributed by atoms with Crippen LogP contribution in [0.2, 0.25) is 0 Å². The number of nitrogens with zero attached hydrogens (tertiary/aromatic N) is 1. The Bertz CT molecular complexity index is 604. The molecule has 0 amide bonds. The molecule has 0 radical (unpaired) electrons. The molecular formula is C12H9BrFN3S. The average molecular weight is 326 g/mol. The van der Waals surface area contributed by atoms with Crippen molar-refractivity contribution in [1.29, 1.82) is 0 Å². The van der Waals surface area contributed by atoms with Crippen molar-refractivity contribution in [2.24, 2.45) is 5.73 Å².